The highest BCUT2D eigenvalue weighted by atomic mass is 32.2. The van der Waals surface area contributed by atoms with Gasteiger partial charge in [-0.15, -0.1) is 10.2 Å². The van der Waals surface area contributed by atoms with Gasteiger partial charge in [-0.05, 0) is 0 Å². The first-order valence-corrected chi connectivity index (χ1v) is 7.73. The molecule has 1 saturated heterocycles. The van der Waals surface area contributed by atoms with Crippen LogP contribution in [0.2, 0.25) is 0 Å². The monoisotopic (exact) mass is 352 g/mol. The molecule has 0 amide bonds. The molecule has 0 N–H and O–H groups in total. The highest BCUT2D eigenvalue weighted by Crippen LogP contribution is 2.37. The smallest absolute Gasteiger partial charge is 0.252 e. The van der Waals surface area contributed by atoms with Gasteiger partial charge >= 0.3 is 0 Å². The van der Waals surface area contributed by atoms with E-state index in [1.165, 1.54) is 0 Å². The zero-order chi connectivity index (χ0) is 15.7. The van der Waals surface area contributed by atoms with Crippen LogP contribution >= 0.6 is 23.1 Å². The van der Waals surface area contributed by atoms with Crippen molar-refractivity contribution in [2.45, 2.75) is 9.24 Å². The lowest BCUT2D eigenvalue weighted by Crippen LogP contribution is -2.36. The molecule has 0 radical (unpaired) electrons. The van der Waals surface area contributed by atoms with Crippen molar-refractivity contribution in [3.05, 3.63) is 23.5 Å². The van der Waals surface area contributed by atoms with Crippen LogP contribution < -0.4 is 4.90 Å². The molecular weight excluding hydrogens is 344 g/mol. The number of pyridine rings is 1. The fraction of sp³-hybridized carbons (Fsp3) is 0.364. The van der Waals surface area contributed by atoms with E-state index in [-0.39, 0.29) is 4.34 Å². The van der Waals surface area contributed by atoms with Gasteiger partial charge in [0.25, 0.3) is 11.9 Å². The molecule has 0 aromatic carbocycles. The Morgan fingerprint density at radius 2 is 1.64 bits per heavy atom. The SMILES string of the molecule is Fc1nc(F)c(F)c(Sc2nnc(N3CCOCC3)s2)c1F. The Morgan fingerprint density at radius 1 is 1.00 bits per heavy atom. The first kappa shape index (κ1) is 15.4. The molecule has 0 saturated carbocycles. The van der Waals surface area contributed by atoms with Crippen molar-refractivity contribution in [3.63, 3.8) is 0 Å². The molecule has 0 spiro atoms. The number of rotatable bonds is 3. The van der Waals surface area contributed by atoms with Crippen molar-refractivity contribution in [1.29, 1.82) is 0 Å². The van der Waals surface area contributed by atoms with Crippen LogP contribution in [0.4, 0.5) is 22.7 Å². The molecular formula is C11H8F4N4OS2. The highest BCUT2D eigenvalue weighted by molar-refractivity contribution is 8.01. The van der Waals surface area contributed by atoms with Crippen LogP contribution in [0.25, 0.3) is 0 Å². The predicted molar refractivity (Wildman–Crippen MR) is 71.1 cm³/mol. The normalized spacial score (nSPS) is 15.4. The maximum atomic E-state index is 13.6. The van der Waals surface area contributed by atoms with Crippen LogP contribution in [0, 0.1) is 23.5 Å². The zero-order valence-corrected chi connectivity index (χ0v) is 12.5. The average Bonchev–Trinajstić information content (AvgIpc) is 2.99. The third kappa shape index (κ3) is 3.01. The van der Waals surface area contributed by atoms with Crippen LogP contribution in [0.1, 0.15) is 0 Å². The predicted octanol–water partition coefficient (Wildman–Crippen LogP) is 2.48. The molecule has 2 aromatic rings. The van der Waals surface area contributed by atoms with Crippen molar-refractivity contribution < 1.29 is 22.3 Å². The fourth-order valence-electron chi connectivity index (χ4n) is 1.77. The minimum atomic E-state index is -1.70. The maximum absolute atomic E-state index is 13.6. The van der Waals surface area contributed by atoms with E-state index in [1.54, 1.807) is 0 Å². The number of halogens is 4. The summed E-state index contributed by atoms with van der Waals surface area (Å²) in [5.41, 5.74) is 0. The first-order valence-electron chi connectivity index (χ1n) is 6.10. The van der Waals surface area contributed by atoms with Gasteiger partial charge in [-0.2, -0.15) is 13.8 Å². The molecule has 1 aliphatic rings. The summed E-state index contributed by atoms with van der Waals surface area (Å²) in [7, 11) is 0. The summed E-state index contributed by atoms with van der Waals surface area (Å²) in [5.74, 6) is -6.49. The van der Waals surface area contributed by atoms with Crippen molar-refractivity contribution in [1.82, 2.24) is 15.2 Å². The number of hydrogen-bond acceptors (Lipinski definition) is 7. The van der Waals surface area contributed by atoms with Gasteiger partial charge in [0.15, 0.2) is 16.0 Å². The second-order valence-corrected chi connectivity index (χ2v) is 6.42. The van der Waals surface area contributed by atoms with Gasteiger partial charge in [0, 0.05) is 13.1 Å². The summed E-state index contributed by atoms with van der Waals surface area (Å²) in [6.07, 6.45) is 0. The Labute approximate surface area is 130 Å². The summed E-state index contributed by atoms with van der Waals surface area (Å²) in [5, 5.41) is 8.25. The van der Waals surface area contributed by atoms with Crippen molar-refractivity contribution >= 4 is 28.2 Å². The van der Waals surface area contributed by atoms with Gasteiger partial charge in [-0.1, -0.05) is 23.1 Å². The largest absolute Gasteiger partial charge is 0.378 e. The lowest BCUT2D eigenvalue weighted by atomic mass is 10.4. The van der Waals surface area contributed by atoms with Gasteiger partial charge in [-0.25, -0.2) is 8.78 Å². The van der Waals surface area contributed by atoms with Gasteiger partial charge in [0.2, 0.25) is 5.13 Å². The topological polar surface area (TPSA) is 51.1 Å². The molecule has 1 fully saturated rings. The number of anilines is 1. The lowest BCUT2D eigenvalue weighted by Gasteiger charge is -2.25. The minimum absolute atomic E-state index is 0.171. The van der Waals surface area contributed by atoms with E-state index in [4.69, 9.17) is 4.74 Å². The molecule has 22 heavy (non-hydrogen) atoms. The molecule has 2 aromatic heterocycles. The second kappa shape index (κ2) is 6.34. The summed E-state index contributed by atoms with van der Waals surface area (Å²) < 4.78 is 58.6. The van der Waals surface area contributed by atoms with Crippen molar-refractivity contribution in [3.8, 4) is 0 Å². The molecule has 0 aliphatic carbocycles. The maximum Gasteiger partial charge on any atom is 0.252 e. The molecule has 3 heterocycles. The van der Waals surface area contributed by atoms with Gasteiger partial charge in [0.05, 0.1) is 18.1 Å². The average molecular weight is 352 g/mol. The Hall–Kier alpha value is -1.46. The van der Waals surface area contributed by atoms with Crippen LogP contribution in [0.5, 0.6) is 0 Å². The number of ether oxygens (including phenoxy) is 1. The molecule has 0 unspecified atom stereocenters. The Kier molecular flexibility index (Phi) is 4.45. The van der Waals surface area contributed by atoms with Crippen molar-refractivity contribution in [2.75, 3.05) is 31.2 Å². The van der Waals surface area contributed by atoms with E-state index in [0.717, 1.165) is 11.3 Å². The zero-order valence-electron chi connectivity index (χ0n) is 10.9. The standard InChI is InChI=1S/C11H8F4N4OS2/c12-5-7(6(13)9(15)16-8(5)14)21-11-18-17-10(22-11)19-1-3-20-4-2-19/h1-4H2. The van der Waals surface area contributed by atoms with Gasteiger partial charge in [-0.3, -0.25) is 0 Å². The molecule has 0 atom stereocenters. The van der Waals surface area contributed by atoms with Crippen LogP contribution in [-0.4, -0.2) is 41.5 Å². The molecule has 1 aliphatic heterocycles. The summed E-state index contributed by atoms with van der Waals surface area (Å²) >= 11 is 1.55. The first-order chi connectivity index (χ1) is 10.6. The van der Waals surface area contributed by atoms with E-state index in [1.807, 2.05) is 4.90 Å². The number of nitrogens with zero attached hydrogens (tertiary/aromatic N) is 4. The van der Waals surface area contributed by atoms with Crippen LogP contribution in [0.15, 0.2) is 9.24 Å². The van der Waals surface area contributed by atoms with E-state index in [2.05, 4.69) is 15.2 Å². The Bertz CT molecular complexity index is 667. The van der Waals surface area contributed by atoms with Crippen LogP contribution in [0.3, 0.4) is 0 Å². The second-order valence-electron chi connectivity index (χ2n) is 4.20. The lowest BCUT2D eigenvalue weighted by molar-refractivity contribution is 0.122. The molecule has 0 bridgehead atoms. The number of hydrogen-bond donors (Lipinski definition) is 0. The minimum Gasteiger partial charge on any atom is -0.378 e. The van der Waals surface area contributed by atoms with E-state index in [0.29, 0.717) is 43.2 Å². The quantitative estimate of drug-likeness (QED) is 0.625. The Balaban J connectivity index is 1.84. The summed E-state index contributed by atoms with van der Waals surface area (Å²) in [4.78, 5) is 3.59. The fourth-order valence-corrected chi connectivity index (χ4v) is 3.65. The van der Waals surface area contributed by atoms with E-state index >= 15 is 0 Å². The summed E-state index contributed by atoms with van der Waals surface area (Å²) in [6, 6.07) is 0. The van der Waals surface area contributed by atoms with Gasteiger partial charge in [0.1, 0.15) is 0 Å². The number of morpholine rings is 1. The molecule has 118 valence electrons. The van der Waals surface area contributed by atoms with Crippen LogP contribution in [-0.2, 0) is 4.74 Å². The Morgan fingerprint density at radius 3 is 2.27 bits per heavy atom. The van der Waals surface area contributed by atoms with Crippen molar-refractivity contribution in [2.24, 2.45) is 0 Å². The van der Waals surface area contributed by atoms with E-state index in [9.17, 15) is 17.6 Å². The highest BCUT2D eigenvalue weighted by Gasteiger charge is 2.24. The summed E-state index contributed by atoms with van der Waals surface area (Å²) in [6.45, 7) is 2.35. The molecule has 3 rings (SSSR count). The molecule has 5 nitrogen and oxygen atoms in total. The van der Waals surface area contributed by atoms with Gasteiger partial charge < -0.3 is 9.64 Å². The number of aromatic nitrogens is 3. The van der Waals surface area contributed by atoms with E-state index < -0.39 is 28.4 Å². The molecule has 11 heteroatoms. The third-order valence-electron chi connectivity index (χ3n) is 2.82. The third-order valence-corrected chi connectivity index (χ3v) is 4.92.